The average molecular weight is 260 g/mol. The van der Waals surface area contributed by atoms with Crippen molar-refractivity contribution >= 4 is 0 Å². The van der Waals surface area contributed by atoms with E-state index in [1.54, 1.807) is 25.3 Å². The van der Waals surface area contributed by atoms with Gasteiger partial charge in [0.1, 0.15) is 5.82 Å². The number of hydrogen-bond donors (Lipinski definition) is 2. The average Bonchev–Trinajstić information content (AvgIpc) is 2.40. The summed E-state index contributed by atoms with van der Waals surface area (Å²) in [5.41, 5.74) is 0.558. The molecule has 0 aliphatic heterocycles. The van der Waals surface area contributed by atoms with E-state index in [-0.39, 0.29) is 5.82 Å². The number of hydrogen-bond acceptors (Lipinski definition) is 3. The zero-order valence-corrected chi connectivity index (χ0v) is 10.8. The lowest BCUT2D eigenvalue weighted by molar-refractivity contribution is 0.0565. The number of benzene rings is 1. The van der Waals surface area contributed by atoms with Gasteiger partial charge in [-0.25, -0.2) is 4.39 Å². The van der Waals surface area contributed by atoms with Gasteiger partial charge in [-0.3, -0.25) is 4.98 Å². The number of nitrogens with one attached hydrogen (secondary N) is 1. The standard InChI is InChI=1S/C15H17FN2O/c1-15(19,12-5-7-13(16)8-6-12)11-17-10-14-4-2-3-9-18-14/h2-9,17,19H,10-11H2,1H3. The van der Waals surface area contributed by atoms with Crippen molar-refractivity contribution in [2.45, 2.75) is 19.1 Å². The Morgan fingerprint density at radius 1 is 1.21 bits per heavy atom. The highest BCUT2D eigenvalue weighted by Gasteiger charge is 2.22. The van der Waals surface area contributed by atoms with Gasteiger partial charge in [0, 0.05) is 19.3 Å². The second-order valence-electron chi connectivity index (χ2n) is 4.71. The third kappa shape index (κ3) is 3.84. The first-order valence-corrected chi connectivity index (χ1v) is 6.17. The van der Waals surface area contributed by atoms with E-state index in [9.17, 15) is 9.50 Å². The molecule has 2 aromatic rings. The Labute approximate surface area is 112 Å². The fourth-order valence-electron chi connectivity index (χ4n) is 1.85. The summed E-state index contributed by atoms with van der Waals surface area (Å²) >= 11 is 0. The molecule has 1 heterocycles. The fraction of sp³-hybridized carbons (Fsp3) is 0.267. The van der Waals surface area contributed by atoms with Gasteiger partial charge in [0.2, 0.25) is 0 Å². The third-order valence-electron chi connectivity index (χ3n) is 2.97. The summed E-state index contributed by atoms with van der Waals surface area (Å²) in [5.74, 6) is -0.305. The van der Waals surface area contributed by atoms with Gasteiger partial charge < -0.3 is 10.4 Å². The number of halogens is 1. The van der Waals surface area contributed by atoms with Gasteiger partial charge in [0.15, 0.2) is 0 Å². The molecule has 0 aliphatic carbocycles. The molecule has 1 unspecified atom stereocenters. The number of nitrogens with zero attached hydrogens (tertiary/aromatic N) is 1. The minimum Gasteiger partial charge on any atom is -0.384 e. The molecular weight excluding hydrogens is 243 g/mol. The Balaban J connectivity index is 1.92. The smallest absolute Gasteiger partial charge is 0.123 e. The zero-order valence-electron chi connectivity index (χ0n) is 10.8. The molecule has 19 heavy (non-hydrogen) atoms. The van der Waals surface area contributed by atoms with Crippen LogP contribution in [-0.2, 0) is 12.1 Å². The number of pyridine rings is 1. The molecule has 2 N–H and O–H groups in total. The summed E-state index contributed by atoms with van der Waals surface area (Å²) in [5, 5.41) is 13.5. The monoisotopic (exact) mass is 260 g/mol. The van der Waals surface area contributed by atoms with Gasteiger partial charge in [-0.15, -0.1) is 0 Å². The van der Waals surface area contributed by atoms with E-state index >= 15 is 0 Å². The molecule has 0 saturated carbocycles. The van der Waals surface area contributed by atoms with Crippen LogP contribution in [0, 0.1) is 5.82 Å². The first-order chi connectivity index (χ1) is 9.08. The lowest BCUT2D eigenvalue weighted by Gasteiger charge is -2.24. The molecule has 0 amide bonds. The Hall–Kier alpha value is -1.78. The van der Waals surface area contributed by atoms with E-state index < -0.39 is 5.60 Å². The van der Waals surface area contributed by atoms with Crippen LogP contribution in [0.2, 0.25) is 0 Å². The highest BCUT2D eigenvalue weighted by atomic mass is 19.1. The van der Waals surface area contributed by atoms with Gasteiger partial charge in [0.25, 0.3) is 0 Å². The largest absolute Gasteiger partial charge is 0.384 e. The maximum Gasteiger partial charge on any atom is 0.123 e. The number of rotatable bonds is 5. The van der Waals surface area contributed by atoms with Crippen LogP contribution in [0.5, 0.6) is 0 Å². The summed E-state index contributed by atoms with van der Waals surface area (Å²) in [6.45, 7) is 2.65. The van der Waals surface area contributed by atoms with Crippen LogP contribution in [0.25, 0.3) is 0 Å². The zero-order chi connectivity index (χ0) is 13.7. The van der Waals surface area contributed by atoms with Gasteiger partial charge >= 0.3 is 0 Å². The fourth-order valence-corrected chi connectivity index (χ4v) is 1.85. The van der Waals surface area contributed by atoms with E-state index in [4.69, 9.17) is 0 Å². The molecule has 1 aromatic carbocycles. The second kappa shape index (κ2) is 5.91. The van der Waals surface area contributed by atoms with Crippen LogP contribution in [0.1, 0.15) is 18.2 Å². The maximum atomic E-state index is 12.8. The summed E-state index contributed by atoms with van der Waals surface area (Å²) in [6.07, 6.45) is 1.73. The van der Waals surface area contributed by atoms with Crippen molar-refractivity contribution in [1.82, 2.24) is 10.3 Å². The molecule has 1 atom stereocenters. The molecule has 0 bridgehead atoms. The van der Waals surface area contributed by atoms with Crippen molar-refractivity contribution < 1.29 is 9.50 Å². The molecule has 0 radical (unpaired) electrons. The summed E-state index contributed by atoms with van der Waals surface area (Å²) < 4.78 is 12.8. The van der Waals surface area contributed by atoms with Crippen molar-refractivity contribution in [1.29, 1.82) is 0 Å². The van der Waals surface area contributed by atoms with E-state index in [0.717, 1.165) is 5.69 Å². The first-order valence-electron chi connectivity index (χ1n) is 6.17. The van der Waals surface area contributed by atoms with E-state index in [0.29, 0.717) is 18.7 Å². The topological polar surface area (TPSA) is 45.1 Å². The van der Waals surface area contributed by atoms with Crippen LogP contribution >= 0.6 is 0 Å². The van der Waals surface area contributed by atoms with Crippen LogP contribution in [0.15, 0.2) is 48.7 Å². The molecule has 0 fully saturated rings. The van der Waals surface area contributed by atoms with Gasteiger partial charge in [0.05, 0.1) is 11.3 Å². The molecule has 3 nitrogen and oxygen atoms in total. The molecule has 2 rings (SSSR count). The van der Waals surface area contributed by atoms with Crippen molar-refractivity contribution in [3.8, 4) is 0 Å². The van der Waals surface area contributed by atoms with Gasteiger partial charge in [-0.05, 0) is 36.8 Å². The van der Waals surface area contributed by atoms with E-state index in [1.807, 2.05) is 18.2 Å². The Morgan fingerprint density at radius 3 is 2.58 bits per heavy atom. The SMILES string of the molecule is CC(O)(CNCc1ccccn1)c1ccc(F)cc1. The van der Waals surface area contributed by atoms with Crippen LogP contribution in [0.3, 0.4) is 0 Å². The van der Waals surface area contributed by atoms with Crippen LogP contribution in [0.4, 0.5) is 4.39 Å². The highest BCUT2D eigenvalue weighted by Crippen LogP contribution is 2.19. The van der Waals surface area contributed by atoms with Crippen LogP contribution < -0.4 is 5.32 Å². The molecule has 0 saturated heterocycles. The van der Waals surface area contributed by atoms with E-state index in [1.165, 1.54) is 12.1 Å². The van der Waals surface area contributed by atoms with Crippen LogP contribution in [-0.4, -0.2) is 16.6 Å². The summed E-state index contributed by atoms with van der Waals surface area (Å²) in [6, 6.07) is 11.6. The number of aromatic nitrogens is 1. The van der Waals surface area contributed by atoms with Gasteiger partial charge in [-0.2, -0.15) is 0 Å². The molecule has 1 aromatic heterocycles. The van der Waals surface area contributed by atoms with Crippen molar-refractivity contribution in [2.24, 2.45) is 0 Å². The molecule has 0 aliphatic rings. The predicted molar refractivity (Wildman–Crippen MR) is 71.9 cm³/mol. The van der Waals surface area contributed by atoms with E-state index in [2.05, 4.69) is 10.3 Å². The Morgan fingerprint density at radius 2 is 1.95 bits per heavy atom. The third-order valence-corrected chi connectivity index (χ3v) is 2.97. The van der Waals surface area contributed by atoms with Crippen molar-refractivity contribution in [3.63, 3.8) is 0 Å². The Kier molecular flexibility index (Phi) is 4.24. The quantitative estimate of drug-likeness (QED) is 0.866. The van der Waals surface area contributed by atoms with Crippen molar-refractivity contribution in [2.75, 3.05) is 6.54 Å². The normalized spacial score (nSPS) is 14.1. The second-order valence-corrected chi connectivity index (χ2v) is 4.71. The molecule has 100 valence electrons. The number of aliphatic hydroxyl groups is 1. The summed E-state index contributed by atoms with van der Waals surface area (Å²) in [7, 11) is 0. The minimum atomic E-state index is -1.04. The molecule has 0 spiro atoms. The van der Waals surface area contributed by atoms with Gasteiger partial charge in [-0.1, -0.05) is 18.2 Å². The minimum absolute atomic E-state index is 0.305. The molecule has 4 heteroatoms. The Bertz CT molecular complexity index is 511. The highest BCUT2D eigenvalue weighted by molar-refractivity contribution is 5.22. The summed E-state index contributed by atoms with van der Waals surface area (Å²) in [4.78, 5) is 4.19. The lowest BCUT2D eigenvalue weighted by Crippen LogP contribution is -2.35. The molecular formula is C15H17FN2O. The van der Waals surface area contributed by atoms with Crippen molar-refractivity contribution in [3.05, 3.63) is 65.7 Å². The maximum absolute atomic E-state index is 12.8. The first kappa shape index (κ1) is 13.6. The lowest BCUT2D eigenvalue weighted by atomic mass is 9.96. The predicted octanol–water partition coefficient (Wildman–Crippen LogP) is 2.22.